The minimum atomic E-state index is 0.677. The van der Waals surface area contributed by atoms with Crippen LogP contribution in [-0.2, 0) is 7.05 Å². The van der Waals surface area contributed by atoms with E-state index in [1.807, 2.05) is 11.6 Å². The van der Waals surface area contributed by atoms with E-state index >= 15 is 0 Å². The van der Waals surface area contributed by atoms with Crippen molar-refractivity contribution in [3.05, 3.63) is 4.77 Å². The molecular weight excluding hydrogens is 196 g/mol. The Kier molecular flexibility index (Phi) is 2.34. The summed E-state index contributed by atoms with van der Waals surface area (Å²) in [4.78, 5) is 2.17. The zero-order valence-corrected chi connectivity index (χ0v) is 9.64. The number of nitrogens with zero attached hydrogens (tertiary/aromatic N) is 3. The molecule has 1 aromatic heterocycles. The lowest BCUT2D eigenvalue weighted by Gasteiger charge is -2.16. The molecule has 14 heavy (non-hydrogen) atoms. The van der Waals surface area contributed by atoms with Gasteiger partial charge in [0.15, 0.2) is 4.77 Å². The van der Waals surface area contributed by atoms with Gasteiger partial charge in [-0.3, -0.25) is 4.57 Å². The second-order valence-electron chi connectivity index (χ2n) is 4.24. The predicted molar refractivity (Wildman–Crippen MR) is 58.9 cm³/mol. The van der Waals surface area contributed by atoms with Crippen LogP contribution in [0.25, 0.3) is 0 Å². The SMILES string of the molecule is CC1CC1CN(C)c1n[nH]c(=S)n1C. The number of hydrogen-bond donors (Lipinski definition) is 1. The van der Waals surface area contributed by atoms with Crippen LogP contribution in [0.5, 0.6) is 0 Å². The summed E-state index contributed by atoms with van der Waals surface area (Å²) in [6.07, 6.45) is 1.35. The average Bonchev–Trinajstić information content (AvgIpc) is 2.70. The summed E-state index contributed by atoms with van der Waals surface area (Å²) in [6.45, 7) is 3.37. The molecule has 0 bridgehead atoms. The van der Waals surface area contributed by atoms with Crippen molar-refractivity contribution in [1.82, 2.24) is 14.8 Å². The molecule has 78 valence electrons. The summed E-state index contributed by atoms with van der Waals surface area (Å²) in [6, 6.07) is 0. The Bertz CT molecular complexity index is 380. The summed E-state index contributed by atoms with van der Waals surface area (Å²) in [5.74, 6) is 2.64. The van der Waals surface area contributed by atoms with Crippen molar-refractivity contribution < 1.29 is 0 Å². The molecule has 1 fully saturated rings. The minimum absolute atomic E-state index is 0.677. The molecular formula is C9H16N4S. The van der Waals surface area contributed by atoms with Gasteiger partial charge in [-0.05, 0) is 30.5 Å². The largest absolute Gasteiger partial charge is 0.344 e. The van der Waals surface area contributed by atoms with Crippen molar-refractivity contribution in [3.63, 3.8) is 0 Å². The minimum Gasteiger partial charge on any atom is -0.344 e. The third-order valence-electron chi connectivity index (χ3n) is 2.98. The fourth-order valence-corrected chi connectivity index (χ4v) is 1.89. The molecule has 1 aliphatic carbocycles. The van der Waals surface area contributed by atoms with Gasteiger partial charge in [-0.1, -0.05) is 6.92 Å². The normalized spacial score (nSPS) is 25.1. The van der Waals surface area contributed by atoms with Crippen LogP contribution >= 0.6 is 12.2 Å². The molecule has 2 unspecified atom stereocenters. The van der Waals surface area contributed by atoms with E-state index in [2.05, 4.69) is 29.1 Å². The van der Waals surface area contributed by atoms with E-state index in [0.29, 0.717) is 4.77 Å². The summed E-state index contributed by atoms with van der Waals surface area (Å²) in [7, 11) is 4.00. The first kappa shape index (κ1) is 9.71. The van der Waals surface area contributed by atoms with E-state index in [-0.39, 0.29) is 0 Å². The van der Waals surface area contributed by atoms with Crippen molar-refractivity contribution in [2.24, 2.45) is 18.9 Å². The number of hydrogen-bond acceptors (Lipinski definition) is 3. The highest BCUT2D eigenvalue weighted by atomic mass is 32.1. The van der Waals surface area contributed by atoms with Crippen LogP contribution in [0.2, 0.25) is 0 Å². The van der Waals surface area contributed by atoms with Crippen LogP contribution in [0.4, 0.5) is 5.95 Å². The molecule has 5 heteroatoms. The maximum absolute atomic E-state index is 5.06. The molecule has 4 nitrogen and oxygen atoms in total. The van der Waals surface area contributed by atoms with Crippen LogP contribution in [0.15, 0.2) is 0 Å². The molecule has 1 heterocycles. The van der Waals surface area contributed by atoms with Crippen LogP contribution < -0.4 is 4.90 Å². The molecule has 1 saturated carbocycles. The molecule has 0 amide bonds. The van der Waals surface area contributed by atoms with Crippen LogP contribution in [0.1, 0.15) is 13.3 Å². The van der Waals surface area contributed by atoms with Crippen molar-refractivity contribution in [2.75, 3.05) is 18.5 Å². The lowest BCUT2D eigenvalue weighted by Crippen LogP contribution is -2.23. The standard InChI is InChI=1S/C9H16N4S/c1-6-4-7(6)5-12(2)8-10-11-9(14)13(8)3/h6-7H,4-5H2,1-3H3,(H,11,14). The number of nitrogens with one attached hydrogen (secondary N) is 1. The highest BCUT2D eigenvalue weighted by Gasteiger charge is 2.33. The third kappa shape index (κ3) is 1.68. The molecule has 2 rings (SSSR count). The van der Waals surface area contributed by atoms with E-state index in [9.17, 15) is 0 Å². The van der Waals surface area contributed by atoms with Crippen molar-refractivity contribution in [3.8, 4) is 0 Å². The Labute approximate surface area is 88.9 Å². The van der Waals surface area contributed by atoms with Crippen molar-refractivity contribution in [1.29, 1.82) is 0 Å². The lowest BCUT2D eigenvalue weighted by molar-refractivity contribution is 0.697. The quantitative estimate of drug-likeness (QED) is 0.773. The molecule has 1 aliphatic rings. The lowest BCUT2D eigenvalue weighted by atomic mass is 10.3. The molecule has 1 aromatic rings. The van der Waals surface area contributed by atoms with Crippen LogP contribution in [0.3, 0.4) is 0 Å². The zero-order chi connectivity index (χ0) is 10.3. The zero-order valence-electron chi connectivity index (χ0n) is 8.82. The van der Waals surface area contributed by atoms with Gasteiger partial charge in [0.1, 0.15) is 0 Å². The monoisotopic (exact) mass is 212 g/mol. The Morgan fingerprint density at radius 2 is 2.36 bits per heavy atom. The van der Waals surface area contributed by atoms with Gasteiger partial charge in [0, 0.05) is 20.6 Å². The fraction of sp³-hybridized carbons (Fsp3) is 0.778. The van der Waals surface area contributed by atoms with Gasteiger partial charge >= 0.3 is 0 Å². The highest BCUT2D eigenvalue weighted by molar-refractivity contribution is 7.71. The maximum atomic E-state index is 5.06. The van der Waals surface area contributed by atoms with E-state index in [1.54, 1.807) is 0 Å². The van der Waals surface area contributed by atoms with Gasteiger partial charge in [-0.25, -0.2) is 5.10 Å². The van der Waals surface area contributed by atoms with Crippen LogP contribution in [0, 0.1) is 16.6 Å². The van der Waals surface area contributed by atoms with E-state index < -0.39 is 0 Å². The summed E-state index contributed by atoms with van der Waals surface area (Å²) >= 11 is 5.06. The maximum Gasteiger partial charge on any atom is 0.225 e. The van der Waals surface area contributed by atoms with Gasteiger partial charge in [-0.2, -0.15) is 0 Å². The number of aromatic amines is 1. The van der Waals surface area contributed by atoms with Gasteiger partial charge in [-0.15, -0.1) is 5.10 Å². The van der Waals surface area contributed by atoms with Crippen molar-refractivity contribution in [2.45, 2.75) is 13.3 Å². The molecule has 0 radical (unpaired) electrons. The van der Waals surface area contributed by atoms with Gasteiger partial charge in [0.25, 0.3) is 0 Å². The van der Waals surface area contributed by atoms with E-state index in [1.165, 1.54) is 6.42 Å². The molecule has 2 atom stereocenters. The van der Waals surface area contributed by atoms with Crippen LogP contribution in [-0.4, -0.2) is 28.4 Å². The number of aromatic nitrogens is 3. The smallest absolute Gasteiger partial charge is 0.225 e. The first-order chi connectivity index (χ1) is 6.59. The fourth-order valence-electron chi connectivity index (χ4n) is 1.77. The summed E-state index contributed by atoms with van der Waals surface area (Å²) in [5.41, 5.74) is 0. The Balaban J connectivity index is 2.07. The Morgan fingerprint density at radius 1 is 1.71 bits per heavy atom. The number of H-pyrrole nitrogens is 1. The molecule has 0 saturated heterocycles. The van der Waals surface area contributed by atoms with Crippen molar-refractivity contribution >= 4 is 18.2 Å². The predicted octanol–water partition coefficient (Wildman–Crippen LogP) is 1.57. The number of rotatable bonds is 3. The van der Waals surface area contributed by atoms with Gasteiger partial charge < -0.3 is 4.90 Å². The molecule has 0 spiro atoms. The number of anilines is 1. The van der Waals surface area contributed by atoms with Gasteiger partial charge in [0.05, 0.1) is 0 Å². The average molecular weight is 212 g/mol. The topological polar surface area (TPSA) is 36.9 Å². The van der Waals surface area contributed by atoms with Gasteiger partial charge in [0.2, 0.25) is 5.95 Å². The Morgan fingerprint density at radius 3 is 2.79 bits per heavy atom. The third-order valence-corrected chi connectivity index (χ3v) is 3.35. The molecule has 0 aromatic carbocycles. The molecule has 0 aliphatic heterocycles. The second-order valence-corrected chi connectivity index (χ2v) is 4.63. The van der Waals surface area contributed by atoms with E-state index in [0.717, 1.165) is 24.3 Å². The summed E-state index contributed by atoms with van der Waals surface area (Å²) in [5, 5.41) is 6.99. The second kappa shape index (κ2) is 3.38. The first-order valence-electron chi connectivity index (χ1n) is 4.92. The van der Waals surface area contributed by atoms with E-state index in [4.69, 9.17) is 12.2 Å². The highest BCUT2D eigenvalue weighted by Crippen LogP contribution is 2.38. The summed E-state index contributed by atoms with van der Waals surface area (Å²) < 4.78 is 2.58. The molecule has 1 N–H and O–H groups in total. The first-order valence-corrected chi connectivity index (χ1v) is 5.33. The Hall–Kier alpha value is -0.840.